The predicted molar refractivity (Wildman–Crippen MR) is 88.8 cm³/mol. The first-order valence-corrected chi connectivity index (χ1v) is 8.25. The molecule has 2 rings (SSSR count). The highest BCUT2D eigenvalue weighted by Gasteiger charge is 2.18. The van der Waals surface area contributed by atoms with E-state index < -0.39 is 0 Å². The Morgan fingerprint density at radius 2 is 2.15 bits per heavy atom. The van der Waals surface area contributed by atoms with E-state index in [1.165, 1.54) is 36.9 Å². The van der Waals surface area contributed by atoms with Crippen LogP contribution in [0.1, 0.15) is 51.1 Å². The number of nitrogens with zero attached hydrogens (tertiary/aromatic N) is 1. The van der Waals surface area contributed by atoms with Crippen LogP contribution in [0.2, 0.25) is 5.02 Å². The van der Waals surface area contributed by atoms with Crippen molar-refractivity contribution in [1.29, 1.82) is 0 Å². The molecule has 112 valence electrons. The van der Waals surface area contributed by atoms with E-state index in [9.17, 15) is 0 Å². The van der Waals surface area contributed by atoms with E-state index in [2.05, 4.69) is 42.3 Å². The first kappa shape index (κ1) is 15.7. The van der Waals surface area contributed by atoms with Crippen LogP contribution in [0.5, 0.6) is 0 Å². The van der Waals surface area contributed by atoms with Crippen molar-refractivity contribution in [2.45, 2.75) is 45.6 Å². The molecule has 0 saturated carbocycles. The van der Waals surface area contributed by atoms with Crippen LogP contribution in [0.4, 0.5) is 5.69 Å². The summed E-state index contributed by atoms with van der Waals surface area (Å²) < 4.78 is 0. The highest BCUT2D eigenvalue weighted by Crippen LogP contribution is 2.31. The van der Waals surface area contributed by atoms with E-state index in [-0.39, 0.29) is 0 Å². The number of anilines is 1. The van der Waals surface area contributed by atoms with Crippen molar-refractivity contribution in [2.75, 3.05) is 25.0 Å². The minimum atomic E-state index is 0.343. The summed E-state index contributed by atoms with van der Waals surface area (Å²) in [6.07, 6.45) is 5.24. The SMILES string of the molecule is CCC1CCCN(c2ccc(C(C)NC)cc2Cl)CC1. The third-order valence-corrected chi connectivity index (χ3v) is 4.97. The number of rotatable bonds is 4. The maximum atomic E-state index is 6.52. The largest absolute Gasteiger partial charge is 0.370 e. The summed E-state index contributed by atoms with van der Waals surface area (Å²) in [5, 5.41) is 4.15. The van der Waals surface area contributed by atoms with Gasteiger partial charge in [0.05, 0.1) is 10.7 Å². The molecule has 1 aliphatic rings. The molecular weight excluding hydrogens is 268 g/mol. The first-order chi connectivity index (χ1) is 9.65. The van der Waals surface area contributed by atoms with Gasteiger partial charge in [-0.1, -0.05) is 31.0 Å². The van der Waals surface area contributed by atoms with E-state index >= 15 is 0 Å². The molecule has 1 N–H and O–H groups in total. The molecule has 2 nitrogen and oxygen atoms in total. The Bertz CT molecular complexity index is 433. The van der Waals surface area contributed by atoms with Crippen LogP contribution in [0, 0.1) is 5.92 Å². The molecule has 2 unspecified atom stereocenters. The zero-order valence-corrected chi connectivity index (χ0v) is 13.7. The number of benzene rings is 1. The van der Waals surface area contributed by atoms with Crippen molar-refractivity contribution in [3.63, 3.8) is 0 Å². The van der Waals surface area contributed by atoms with Crippen LogP contribution in [0.15, 0.2) is 18.2 Å². The maximum absolute atomic E-state index is 6.52. The van der Waals surface area contributed by atoms with Gasteiger partial charge in [0.15, 0.2) is 0 Å². The maximum Gasteiger partial charge on any atom is 0.0642 e. The predicted octanol–water partition coefficient (Wildman–Crippen LogP) is 4.64. The number of hydrogen-bond donors (Lipinski definition) is 1. The molecule has 1 aromatic carbocycles. The van der Waals surface area contributed by atoms with Gasteiger partial charge in [-0.05, 0) is 56.8 Å². The average Bonchev–Trinajstić information content (AvgIpc) is 2.71. The molecule has 1 aliphatic heterocycles. The lowest BCUT2D eigenvalue weighted by atomic mass is 9.98. The third-order valence-electron chi connectivity index (χ3n) is 4.67. The number of nitrogens with one attached hydrogen (secondary N) is 1. The van der Waals surface area contributed by atoms with Crippen LogP contribution in [0.3, 0.4) is 0 Å². The Morgan fingerprint density at radius 1 is 1.35 bits per heavy atom. The van der Waals surface area contributed by atoms with E-state index in [0.29, 0.717) is 6.04 Å². The van der Waals surface area contributed by atoms with Crippen molar-refractivity contribution < 1.29 is 0 Å². The van der Waals surface area contributed by atoms with Crippen LogP contribution in [0.25, 0.3) is 0 Å². The number of halogens is 1. The molecule has 20 heavy (non-hydrogen) atoms. The highest BCUT2D eigenvalue weighted by molar-refractivity contribution is 6.33. The Balaban J connectivity index is 2.12. The summed E-state index contributed by atoms with van der Waals surface area (Å²) in [7, 11) is 1.98. The molecule has 1 aromatic rings. The number of hydrogen-bond acceptors (Lipinski definition) is 2. The van der Waals surface area contributed by atoms with Crippen LogP contribution < -0.4 is 10.2 Å². The fourth-order valence-corrected chi connectivity index (χ4v) is 3.34. The monoisotopic (exact) mass is 294 g/mol. The quantitative estimate of drug-likeness (QED) is 0.870. The Labute approximate surface area is 128 Å². The second-order valence-corrected chi connectivity index (χ2v) is 6.32. The Kier molecular flexibility index (Phi) is 5.74. The molecule has 0 aromatic heterocycles. The third kappa shape index (κ3) is 3.67. The molecule has 2 atom stereocenters. The molecule has 0 bridgehead atoms. The van der Waals surface area contributed by atoms with Gasteiger partial charge in [0.1, 0.15) is 0 Å². The van der Waals surface area contributed by atoms with Gasteiger partial charge in [0.2, 0.25) is 0 Å². The molecule has 0 radical (unpaired) electrons. The van der Waals surface area contributed by atoms with Gasteiger partial charge in [0.25, 0.3) is 0 Å². The van der Waals surface area contributed by atoms with Gasteiger partial charge < -0.3 is 10.2 Å². The van der Waals surface area contributed by atoms with Gasteiger partial charge in [-0.25, -0.2) is 0 Å². The summed E-state index contributed by atoms with van der Waals surface area (Å²) in [5.41, 5.74) is 2.46. The van der Waals surface area contributed by atoms with Crippen molar-refractivity contribution in [1.82, 2.24) is 5.32 Å². The van der Waals surface area contributed by atoms with Crippen LogP contribution in [-0.4, -0.2) is 20.1 Å². The smallest absolute Gasteiger partial charge is 0.0642 e. The summed E-state index contributed by atoms with van der Waals surface area (Å²) in [4.78, 5) is 2.46. The summed E-state index contributed by atoms with van der Waals surface area (Å²) >= 11 is 6.52. The first-order valence-electron chi connectivity index (χ1n) is 7.87. The minimum Gasteiger partial charge on any atom is -0.370 e. The molecular formula is C17H27ClN2. The van der Waals surface area contributed by atoms with E-state index in [1.54, 1.807) is 0 Å². The van der Waals surface area contributed by atoms with Gasteiger partial charge in [-0.15, -0.1) is 0 Å². The van der Waals surface area contributed by atoms with Gasteiger partial charge in [-0.2, -0.15) is 0 Å². The van der Waals surface area contributed by atoms with E-state index in [0.717, 1.165) is 24.0 Å². The second kappa shape index (κ2) is 7.33. The van der Waals surface area contributed by atoms with Gasteiger partial charge in [0, 0.05) is 19.1 Å². The molecule has 0 spiro atoms. The molecule has 3 heteroatoms. The normalized spacial score (nSPS) is 21.6. The zero-order chi connectivity index (χ0) is 14.5. The lowest BCUT2D eigenvalue weighted by Crippen LogP contribution is -2.24. The molecule has 1 heterocycles. The van der Waals surface area contributed by atoms with Crippen molar-refractivity contribution >= 4 is 17.3 Å². The molecule has 1 saturated heterocycles. The van der Waals surface area contributed by atoms with Crippen LogP contribution >= 0.6 is 11.6 Å². The summed E-state index contributed by atoms with van der Waals surface area (Å²) in [6.45, 7) is 6.74. The molecule has 1 fully saturated rings. The lowest BCUT2D eigenvalue weighted by Gasteiger charge is -2.25. The minimum absolute atomic E-state index is 0.343. The Hall–Kier alpha value is -0.730. The second-order valence-electron chi connectivity index (χ2n) is 5.91. The van der Waals surface area contributed by atoms with Gasteiger partial charge in [-0.3, -0.25) is 0 Å². The Morgan fingerprint density at radius 3 is 2.80 bits per heavy atom. The summed E-state index contributed by atoms with van der Waals surface area (Å²) in [5.74, 6) is 0.891. The average molecular weight is 295 g/mol. The molecule has 0 aliphatic carbocycles. The fraction of sp³-hybridized carbons (Fsp3) is 0.647. The standard InChI is InChI=1S/C17H27ClN2/c1-4-14-6-5-10-20(11-9-14)17-8-7-15(12-16(17)18)13(2)19-3/h7-8,12-14,19H,4-6,9-11H2,1-3H3. The van der Waals surface area contributed by atoms with Crippen molar-refractivity contribution in [2.24, 2.45) is 5.92 Å². The van der Waals surface area contributed by atoms with Crippen molar-refractivity contribution in [3.8, 4) is 0 Å². The zero-order valence-electron chi connectivity index (χ0n) is 13.0. The van der Waals surface area contributed by atoms with Crippen LogP contribution in [-0.2, 0) is 0 Å². The van der Waals surface area contributed by atoms with Gasteiger partial charge >= 0.3 is 0 Å². The molecule has 0 amide bonds. The van der Waals surface area contributed by atoms with E-state index in [1.807, 2.05) is 7.05 Å². The van der Waals surface area contributed by atoms with E-state index in [4.69, 9.17) is 11.6 Å². The highest BCUT2D eigenvalue weighted by atomic mass is 35.5. The lowest BCUT2D eigenvalue weighted by molar-refractivity contribution is 0.459. The fourth-order valence-electron chi connectivity index (χ4n) is 3.03. The topological polar surface area (TPSA) is 15.3 Å². The summed E-state index contributed by atoms with van der Waals surface area (Å²) in [6, 6.07) is 6.85. The van der Waals surface area contributed by atoms with Crippen molar-refractivity contribution in [3.05, 3.63) is 28.8 Å².